The molecular weight excluding hydrogens is 454 g/mol. The number of sulfonamides is 1. The molecule has 0 saturated heterocycles. The molecule has 0 heterocycles. The Labute approximate surface area is 189 Å². The van der Waals surface area contributed by atoms with Gasteiger partial charge in [0, 0.05) is 28.9 Å². The van der Waals surface area contributed by atoms with Crippen molar-refractivity contribution in [3.8, 4) is 0 Å². The van der Waals surface area contributed by atoms with Crippen molar-refractivity contribution >= 4 is 50.7 Å². The fourth-order valence-corrected chi connectivity index (χ4v) is 3.98. The van der Waals surface area contributed by atoms with Crippen LogP contribution in [0.25, 0.3) is 6.08 Å². The highest BCUT2D eigenvalue weighted by Gasteiger charge is 2.15. The molecule has 0 atom stereocenters. The van der Waals surface area contributed by atoms with E-state index in [1.54, 1.807) is 19.1 Å². The third-order valence-electron chi connectivity index (χ3n) is 4.41. The van der Waals surface area contributed by atoms with Gasteiger partial charge in [0.15, 0.2) is 0 Å². The van der Waals surface area contributed by atoms with Crippen LogP contribution in [0.3, 0.4) is 0 Å². The number of nitro groups is 1. The van der Waals surface area contributed by atoms with Crippen LogP contribution in [0, 0.1) is 17.0 Å². The molecule has 10 heteroatoms. The van der Waals surface area contributed by atoms with Gasteiger partial charge in [-0.2, -0.15) is 0 Å². The zero-order valence-corrected chi connectivity index (χ0v) is 18.4. The van der Waals surface area contributed by atoms with Crippen LogP contribution in [-0.4, -0.2) is 19.2 Å². The van der Waals surface area contributed by atoms with Gasteiger partial charge in [-0.1, -0.05) is 17.7 Å². The molecule has 0 spiro atoms. The minimum Gasteiger partial charge on any atom is -0.323 e. The first kappa shape index (κ1) is 23.0. The van der Waals surface area contributed by atoms with E-state index in [1.165, 1.54) is 66.7 Å². The lowest BCUT2D eigenvalue weighted by atomic mass is 10.2. The Morgan fingerprint density at radius 3 is 2.31 bits per heavy atom. The lowest BCUT2D eigenvalue weighted by Crippen LogP contribution is -2.14. The summed E-state index contributed by atoms with van der Waals surface area (Å²) in [5.41, 5.74) is 2.09. The largest absolute Gasteiger partial charge is 0.323 e. The summed E-state index contributed by atoms with van der Waals surface area (Å²) in [7, 11) is -3.84. The van der Waals surface area contributed by atoms with Gasteiger partial charge in [-0.3, -0.25) is 19.6 Å². The van der Waals surface area contributed by atoms with Crippen LogP contribution in [0.15, 0.2) is 77.7 Å². The Hall–Kier alpha value is -3.69. The van der Waals surface area contributed by atoms with E-state index in [0.717, 1.165) is 5.56 Å². The number of benzene rings is 3. The first-order chi connectivity index (χ1) is 15.1. The maximum Gasteiger partial charge on any atom is 0.269 e. The second kappa shape index (κ2) is 9.63. The van der Waals surface area contributed by atoms with E-state index < -0.39 is 20.9 Å². The summed E-state index contributed by atoms with van der Waals surface area (Å²) < 4.78 is 27.8. The summed E-state index contributed by atoms with van der Waals surface area (Å²) in [6.45, 7) is 1.76. The first-order valence-electron chi connectivity index (χ1n) is 9.26. The number of carbonyl (C=O) groups excluding carboxylic acids is 1. The molecule has 0 aliphatic carbocycles. The van der Waals surface area contributed by atoms with E-state index in [4.69, 9.17) is 11.6 Å². The zero-order valence-electron chi connectivity index (χ0n) is 16.8. The lowest BCUT2D eigenvalue weighted by Gasteiger charge is -2.11. The minimum atomic E-state index is -3.84. The lowest BCUT2D eigenvalue weighted by molar-refractivity contribution is -0.384. The molecule has 1 amide bonds. The predicted molar refractivity (Wildman–Crippen MR) is 124 cm³/mol. The van der Waals surface area contributed by atoms with E-state index >= 15 is 0 Å². The van der Waals surface area contributed by atoms with Gasteiger partial charge in [0.1, 0.15) is 0 Å². The molecule has 0 unspecified atom stereocenters. The Morgan fingerprint density at radius 2 is 1.69 bits per heavy atom. The SMILES string of the molecule is Cc1ccc(Cl)cc1NS(=O)(=O)c1ccc(NC(=O)/C=C/c2ccc([N+](=O)[O-])cc2)cc1. The molecule has 164 valence electrons. The minimum absolute atomic E-state index is 0.0243. The number of non-ortho nitro benzene ring substituents is 1. The van der Waals surface area contributed by atoms with E-state index in [0.29, 0.717) is 22.0 Å². The van der Waals surface area contributed by atoms with Crippen LogP contribution in [0.4, 0.5) is 17.1 Å². The smallest absolute Gasteiger partial charge is 0.269 e. The molecule has 32 heavy (non-hydrogen) atoms. The van der Waals surface area contributed by atoms with E-state index in [2.05, 4.69) is 10.0 Å². The number of nitrogens with one attached hydrogen (secondary N) is 2. The van der Waals surface area contributed by atoms with Crippen molar-refractivity contribution in [2.45, 2.75) is 11.8 Å². The highest BCUT2D eigenvalue weighted by Crippen LogP contribution is 2.24. The number of hydrogen-bond donors (Lipinski definition) is 2. The molecule has 0 saturated carbocycles. The Kier molecular flexibility index (Phi) is 6.92. The second-order valence-corrected chi connectivity index (χ2v) is 8.88. The maximum absolute atomic E-state index is 12.6. The van der Waals surface area contributed by atoms with Crippen molar-refractivity contribution in [3.05, 3.63) is 99.1 Å². The first-order valence-corrected chi connectivity index (χ1v) is 11.1. The molecule has 3 aromatic carbocycles. The summed E-state index contributed by atoms with van der Waals surface area (Å²) in [5, 5.41) is 13.7. The van der Waals surface area contributed by atoms with Crippen molar-refractivity contribution in [1.82, 2.24) is 0 Å². The van der Waals surface area contributed by atoms with Gasteiger partial charge >= 0.3 is 0 Å². The third kappa shape index (κ3) is 5.93. The third-order valence-corrected chi connectivity index (χ3v) is 6.02. The highest BCUT2D eigenvalue weighted by molar-refractivity contribution is 7.92. The Morgan fingerprint density at radius 1 is 1.03 bits per heavy atom. The number of nitrogens with zero attached hydrogens (tertiary/aromatic N) is 1. The number of aryl methyl sites for hydroxylation is 1. The summed E-state index contributed by atoms with van der Waals surface area (Å²) in [4.78, 5) is 22.3. The number of amides is 1. The fraction of sp³-hybridized carbons (Fsp3) is 0.0455. The van der Waals surface area contributed by atoms with Gasteiger partial charge in [0.25, 0.3) is 15.7 Å². The normalized spacial score (nSPS) is 11.3. The standard InChI is InChI=1S/C22H18ClN3O5S/c1-15-2-6-17(23)14-21(15)25-32(30,31)20-11-7-18(8-12-20)24-22(27)13-5-16-3-9-19(10-4-16)26(28)29/h2-14,25H,1H3,(H,24,27)/b13-5+. The number of halogens is 1. The van der Waals surface area contributed by atoms with Crippen molar-refractivity contribution in [1.29, 1.82) is 0 Å². The summed E-state index contributed by atoms with van der Waals surface area (Å²) in [6.07, 6.45) is 2.78. The molecule has 0 fully saturated rings. The van der Waals surface area contributed by atoms with Crippen molar-refractivity contribution in [3.63, 3.8) is 0 Å². The summed E-state index contributed by atoms with van der Waals surface area (Å²) in [6, 6.07) is 16.3. The van der Waals surface area contributed by atoms with Crippen LogP contribution < -0.4 is 10.0 Å². The van der Waals surface area contributed by atoms with Gasteiger partial charge in [-0.05, 0) is 72.7 Å². The Balaban J connectivity index is 1.65. The predicted octanol–water partition coefficient (Wildman–Crippen LogP) is 5.01. The molecule has 3 aromatic rings. The molecule has 2 N–H and O–H groups in total. The molecule has 8 nitrogen and oxygen atoms in total. The van der Waals surface area contributed by atoms with Crippen molar-refractivity contribution in [2.24, 2.45) is 0 Å². The average molecular weight is 472 g/mol. The number of anilines is 2. The van der Waals surface area contributed by atoms with E-state index in [-0.39, 0.29) is 10.6 Å². The topological polar surface area (TPSA) is 118 Å². The molecule has 0 bridgehead atoms. The molecule has 0 radical (unpaired) electrons. The fourth-order valence-electron chi connectivity index (χ4n) is 2.69. The van der Waals surface area contributed by atoms with Gasteiger partial charge in [0.2, 0.25) is 5.91 Å². The number of nitro benzene ring substituents is 1. The van der Waals surface area contributed by atoms with Crippen LogP contribution >= 0.6 is 11.6 Å². The number of hydrogen-bond acceptors (Lipinski definition) is 5. The monoisotopic (exact) mass is 471 g/mol. The molecular formula is C22H18ClN3O5S. The maximum atomic E-state index is 12.6. The zero-order chi connectivity index (χ0) is 23.3. The summed E-state index contributed by atoms with van der Waals surface area (Å²) in [5.74, 6) is -0.438. The second-order valence-electron chi connectivity index (χ2n) is 6.76. The van der Waals surface area contributed by atoms with Crippen LogP contribution in [0.5, 0.6) is 0 Å². The van der Waals surface area contributed by atoms with Gasteiger partial charge < -0.3 is 5.32 Å². The number of rotatable bonds is 7. The van der Waals surface area contributed by atoms with Crippen molar-refractivity contribution < 1.29 is 18.1 Å². The molecule has 3 rings (SSSR count). The van der Waals surface area contributed by atoms with Crippen LogP contribution in [-0.2, 0) is 14.8 Å². The van der Waals surface area contributed by atoms with E-state index in [9.17, 15) is 23.3 Å². The van der Waals surface area contributed by atoms with Crippen molar-refractivity contribution in [2.75, 3.05) is 10.0 Å². The van der Waals surface area contributed by atoms with Gasteiger partial charge in [0.05, 0.1) is 15.5 Å². The van der Waals surface area contributed by atoms with E-state index in [1.807, 2.05) is 0 Å². The van der Waals surface area contributed by atoms with Crippen LogP contribution in [0.1, 0.15) is 11.1 Å². The van der Waals surface area contributed by atoms with Crippen LogP contribution in [0.2, 0.25) is 5.02 Å². The van der Waals surface area contributed by atoms with Gasteiger partial charge in [-0.15, -0.1) is 0 Å². The summed E-state index contributed by atoms with van der Waals surface area (Å²) >= 11 is 5.94. The molecule has 0 aromatic heterocycles. The quantitative estimate of drug-likeness (QED) is 0.285. The number of carbonyl (C=O) groups is 1. The van der Waals surface area contributed by atoms with Gasteiger partial charge in [-0.25, -0.2) is 8.42 Å². The Bertz CT molecular complexity index is 1290. The highest BCUT2D eigenvalue weighted by atomic mass is 35.5. The molecule has 0 aliphatic rings. The molecule has 0 aliphatic heterocycles. The average Bonchev–Trinajstić information content (AvgIpc) is 2.75.